The lowest BCUT2D eigenvalue weighted by Crippen LogP contribution is -2.29. The second-order valence-corrected chi connectivity index (χ2v) is 8.20. The molecule has 0 aliphatic carbocycles. The van der Waals surface area contributed by atoms with Gasteiger partial charge < -0.3 is 19.8 Å². The molecule has 33 heavy (non-hydrogen) atoms. The third-order valence-electron chi connectivity index (χ3n) is 5.27. The van der Waals surface area contributed by atoms with Crippen molar-refractivity contribution in [3.8, 4) is 11.5 Å². The zero-order chi connectivity index (χ0) is 23.7. The van der Waals surface area contributed by atoms with Gasteiger partial charge in [0.2, 0.25) is 0 Å². The molecule has 7 nitrogen and oxygen atoms in total. The second kappa shape index (κ2) is 9.13. The molecule has 1 aliphatic rings. The van der Waals surface area contributed by atoms with Gasteiger partial charge in [-0.05, 0) is 41.5 Å². The van der Waals surface area contributed by atoms with Gasteiger partial charge in [-0.1, -0.05) is 41.4 Å². The Balaban J connectivity index is 1.94. The minimum atomic E-state index is -0.986. The van der Waals surface area contributed by atoms with Gasteiger partial charge in [0.1, 0.15) is 17.3 Å². The number of hydrogen-bond acceptors (Lipinski definition) is 6. The molecular weight excluding hydrogens is 467 g/mol. The molecule has 1 aromatic heterocycles. The number of ketones is 1. The number of aliphatic hydroxyl groups excluding tert-OH is 1. The van der Waals surface area contributed by atoms with Crippen LogP contribution in [0.1, 0.15) is 22.7 Å². The second-order valence-electron chi connectivity index (χ2n) is 7.35. The van der Waals surface area contributed by atoms with Crippen LogP contribution in [0.5, 0.6) is 11.5 Å². The van der Waals surface area contributed by atoms with E-state index in [4.69, 9.17) is 27.9 Å². The predicted molar refractivity (Wildman–Crippen MR) is 123 cm³/mol. The van der Waals surface area contributed by atoms with Crippen LogP contribution in [0, 0.1) is 0 Å². The van der Waals surface area contributed by atoms with Crippen molar-refractivity contribution in [3.63, 3.8) is 0 Å². The number of nitrogens with zero attached hydrogens (tertiary/aromatic N) is 2. The van der Waals surface area contributed by atoms with Gasteiger partial charge in [0.15, 0.2) is 0 Å². The van der Waals surface area contributed by atoms with Gasteiger partial charge in [-0.2, -0.15) is 0 Å². The normalized spacial score (nSPS) is 17.4. The maximum absolute atomic E-state index is 13.2. The summed E-state index contributed by atoms with van der Waals surface area (Å²) >= 11 is 12.3. The van der Waals surface area contributed by atoms with Crippen molar-refractivity contribution in [2.75, 3.05) is 7.11 Å². The van der Waals surface area contributed by atoms with Crippen LogP contribution in [-0.4, -0.2) is 38.9 Å². The summed E-state index contributed by atoms with van der Waals surface area (Å²) in [4.78, 5) is 31.6. The number of likely N-dealkylation sites (tertiary alicyclic amines) is 1. The molecule has 1 atom stereocenters. The van der Waals surface area contributed by atoms with Crippen LogP contribution in [0.4, 0.5) is 0 Å². The van der Waals surface area contributed by atoms with Crippen molar-refractivity contribution >= 4 is 40.7 Å². The Kier molecular flexibility index (Phi) is 6.26. The lowest BCUT2D eigenvalue weighted by molar-refractivity contribution is -0.140. The van der Waals surface area contributed by atoms with E-state index < -0.39 is 23.5 Å². The number of phenolic OH excluding ortho intramolecular Hbond substituents is 1. The predicted octanol–water partition coefficient (Wildman–Crippen LogP) is 4.72. The summed E-state index contributed by atoms with van der Waals surface area (Å²) in [7, 11) is 1.36. The number of Topliss-reactive ketones (excluding diaryl/α,β-unsaturated/α-hetero) is 1. The molecule has 1 fully saturated rings. The van der Waals surface area contributed by atoms with Crippen LogP contribution in [-0.2, 0) is 16.1 Å². The number of rotatable bonds is 5. The maximum Gasteiger partial charge on any atom is 0.295 e. The zero-order valence-corrected chi connectivity index (χ0v) is 18.8. The fraction of sp³-hybridized carbons (Fsp3) is 0.125. The van der Waals surface area contributed by atoms with Gasteiger partial charge in [0, 0.05) is 24.0 Å². The van der Waals surface area contributed by atoms with E-state index in [9.17, 15) is 19.8 Å². The molecule has 1 amide bonds. The van der Waals surface area contributed by atoms with Crippen molar-refractivity contribution in [1.29, 1.82) is 0 Å². The van der Waals surface area contributed by atoms with Crippen molar-refractivity contribution in [2.24, 2.45) is 0 Å². The van der Waals surface area contributed by atoms with E-state index in [1.165, 1.54) is 36.3 Å². The number of aromatic nitrogens is 1. The van der Waals surface area contributed by atoms with Crippen molar-refractivity contribution in [1.82, 2.24) is 9.88 Å². The molecule has 2 N–H and O–H groups in total. The number of halogens is 2. The van der Waals surface area contributed by atoms with Gasteiger partial charge in [0.25, 0.3) is 11.7 Å². The highest BCUT2D eigenvalue weighted by molar-refractivity contribution is 6.46. The first kappa shape index (κ1) is 22.6. The highest BCUT2D eigenvalue weighted by atomic mass is 35.5. The Morgan fingerprint density at radius 1 is 1.15 bits per heavy atom. The smallest absolute Gasteiger partial charge is 0.295 e. The molecule has 0 radical (unpaired) electrons. The van der Waals surface area contributed by atoms with E-state index in [-0.39, 0.29) is 39.2 Å². The van der Waals surface area contributed by atoms with Crippen molar-refractivity contribution in [3.05, 3.63) is 93.2 Å². The fourth-order valence-electron chi connectivity index (χ4n) is 3.86. The molecule has 1 unspecified atom stereocenters. The van der Waals surface area contributed by atoms with Gasteiger partial charge >= 0.3 is 0 Å². The standard InChI is InChI=1S/C24H18Cl2N2O5/c1-33-23-17(9-15(25)10-18(23)26)21(30)19-20(14-5-2-6-16(29)8-14)28(24(32)22(19)31)12-13-4-3-7-27-11-13/h2-11,20,29-30H,12H2,1H3/b21-19+. The summed E-state index contributed by atoms with van der Waals surface area (Å²) in [5.41, 5.74) is 1.02. The number of carbonyl (C=O) groups is 2. The first-order valence-corrected chi connectivity index (χ1v) is 10.6. The molecule has 1 aliphatic heterocycles. The molecule has 0 spiro atoms. The van der Waals surface area contributed by atoms with Crippen LogP contribution in [0.3, 0.4) is 0 Å². The van der Waals surface area contributed by atoms with Crippen LogP contribution in [0.2, 0.25) is 10.0 Å². The summed E-state index contributed by atoms with van der Waals surface area (Å²) in [6.07, 6.45) is 3.18. The summed E-state index contributed by atoms with van der Waals surface area (Å²) in [6.45, 7) is 0.0585. The highest BCUT2D eigenvalue weighted by Gasteiger charge is 2.46. The van der Waals surface area contributed by atoms with Crippen LogP contribution >= 0.6 is 23.2 Å². The zero-order valence-electron chi connectivity index (χ0n) is 17.3. The summed E-state index contributed by atoms with van der Waals surface area (Å²) in [5, 5.41) is 21.6. The Labute approximate surface area is 199 Å². The molecule has 2 heterocycles. The SMILES string of the molecule is COc1c(Cl)cc(Cl)cc1/C(O)=C1\C(=O)C(=O)N(Cc2cccnc2)C1c1cccc(O)c1. The van der Waals surface area contributed by atoms with E-state index in [1.54, 1.807) is 36.7 Å². The number of pyridine rings is 1. The third-order valence-corrected chi connectivity index (χ3v) is 5.77. The fourth-order valence-corrected chi connectivity index (χ4v) is 4.43. The Morgan fingerprint density at radius 2 is 1.94 bits per heavy atom. The number of aromatic hydroxyl groups is 1. The minimum absolute atomic E-state index is 0.0529. The Morgan fingerprint density at radius 3 is 2.61 bits per heavy atom. The monoisotopic (exact) mass is 484 g/mol. The minimum Gasteiger partial charge on any atom is -0.508 e. The average molecular weight is 485 g/mol. The van der Waals surface area contributed by atoms with Gasteiger partial charge in [0.05, 0.1) is 29.3 Å². The maximum atomic E-state index is 13.2. The quantitative estimate of drug-likeness (QED) is 0.308. The van der Waals surface area contributed by atoms with Gasteiger partial charge in [-0.15, -0.1) is 0 Å². The van der Waals surface area contributed by atoms with E-state index in [0.29, 0.717) is 11.1 Å². The molecule has 0 saturated carbocycles. The highest BCUT2D eigenvalue weighted by Crippen LogP contribution is 2.44. The first-order valence-electron chi connectivity index (χ1n) is 9.81. The molecule has 9 heteroatoms. The van der Waals surface area contributed by atoms with Crippen LogP contribution in [0.15, 0.2) is 66.5 Å². The van der Waals surface area contributed by atoms with Gasteiger partial charge in [-0.25, -0.2) is 0 Å². The average Bonchev–Trinajstić information content (AvgIpc) is 3.04. The third kappa shape index (κ3) is 4.25. The first-order chi connectivity index (χ1) is 15.8. The number of methoxy groups -OCH3 is 1. The Hall–Kier alpha value is -3.55. The molecule has 4 rings (SSSR count). The lowest BCUT2D eigenvalue weighted by atomic mass is 9.94. The van der Waals surface area contributed by atoms with Crippen LogP contribution in [0.25, 0.3) is 5.76 Å². The van der Waals surface area contributed by atoms with Gasteiger partial charge in [-0.3, -0.25) is 14.6 Å². The number of hydrogen-bond donors (Lipinski definition) is 2. The van der Waals surface area contributed by atoms with Crippen molar-refractivity contribution < 1.29 is 24.5 Å². The number of ether oxygens (including phenoxy) is 1. The molecule has 2 aromatic carbocycles. The van der Waals surface area contributed by atoms with E-state index in [1.807, 2.05) is 0 Å². The number of phenols is 1. The summed E-state index contributed by atoms with van der Waals surface area (Å²) in [5.74, 6) is -2.13. The number of amides is 1. The molecule has 0 bridgehead atoms. The van der Waals surface area contributed by atoms with Crippen molar-refractivity contribution in [2.45, 2.75) is 12.6 Å². The number of carbonyl (C=O) groups excluding carboxylic acids is 2. The van der Waals surface area contributed by atoms with Crippen LogP contribution < -0.4 is 4.74 Å². The number of aliphatic hydroxyl groups is 1. The number of benzene rings is 2. The van der Waals surface area contributed by atoms with E-state index in [2.05, 4.69) is 4.98 Å². The Bertz CT molecular complexity index is 1280. The summed E-state index contributed by atoms with van der Waals surface area (Å²) < 4.78 is 5.31. The largest absolute Gasteiger partial charge is 0.508 e. The van der Waals surface area contributed by atoms with E-state index in [0.717, 1.165) is 0 Å². The molecule has 3 aromatic rings. The molecule has 168 valence electrons. The summed E-state index contributed by atoms with van der Waals surface area (Å²) in [6, 6.07) is 11.5. The molecular formula is C24H18Cl2N2O5. The van der Waals surface area contributed by atoms with E-state index >= 15 is 0 Å². The lowest BCUT2D eigenvalue weighted by Gasteiger charge is -2.25. The molecule has 1 saturated heterocycles. The topological polar surface area (TPSA) is 100.0 Å².